The second-order valence-electron chi connectivity index (χ2n) is 6.12. The van der Waals surface area contributed by atoms with Crippen LogP contribution in [0.2, 0.25) is 0 Å². The Hall–Kier alpha value is -2.96. The molecule has 1 aromatic carbocycles. The van der Waals surface area contributed by atoms with E-state index in [9.17, 15) is 17.6 Å². The predicted molar refractivity (Wildman–Crippen MR) is 91.2 cm³/mol. The lowest BCUT2D eigenvalue weighted by molar-refractivity contribution is -0.139. The van der Waals surface area contributed by atoms with Crippen LogP contribution < -0.4 is 0 Å². The molecule has 0 atom stereocenters. The van der Waals surface area contributed by atoms with E-state index in [1.54, 1.807) is 37.4 Å². The van der Waals surface area contributed by atoms with Crippen molar-refractivity contribution in [3.8, 4) is 11.1 Å². The predicted octanol–water partition coefficient (Wildman–Crippen LogP) is 5.26. The lowest BCUT2D eigenvalue weighted by Gasteiger charge is -2.11. The summed E-state index contributed by atoms with van der Waals surface area (Å²) in [5.41, 5.74) is 2.26. The van der Waals surface area contributed by atoms with Gasteiger partial charge in [-0.3, -0.25) is 9.97 Å². The molecule has 3 aromatic heterocycles. The third-order valence-electron chi connectivity index (χ3n) is 4.36. The average Bonchev–Trinajstić information content (AvgIpc) is 2.90. The van der Waals surface area contributed by atoms with E-state index in [1.807, 2.05) is 0 Å². The van der Waals surface area contributed by atoms with E-state index in [2.05, 4.69) is 9.97 Å². The fraction of sp³-hybridized carbons (Fsp3) is 0.158. The third kappa shape index (κ3) is 2.79. The Balaban J connectivity index is 1.98. The quantitative estimate of drug-likeness (QED) is 0.457. The molecule has 26 heavy (non-hydrogen) atoms. The normalized spacial score (nSPS) is 12.2. The number of hydrogen-bond acceptors (Lipinski definition) is 2. The zero-order chi connectivity index (χ0) is 18.5. The lowest BCUT2D eigenvalue weighted by Crippen LogP contribution is -2.17. The summed E-state index contributed by atoms with van der Waals surface area (Å²) in [6, 6.07) is 8.01. The van der Waals surface area contributed by atoms with Crippen LogP contribution in [0.5, 0.6) is 0 Å². The Morgan fingerprint density at radius 1 is 0.962 bits per heavy atom. The molecule has 0 saturated heterocycles. The van der Waals surface area contributed by atoms with E-state index in [0.717, 1.165) is 0 Å². The average molecular weight is 359 g/mol. The summed E-state index contributed by atoms with van der Waals surface area (Å²) in [6.07, 6.45) is 0.166. The van der Waals surface area contributed by atoms with Gasteiger partial charge in [0.1, 0.15) is 12.4 Å². The van der Waals surface area contributed by atoms with Gasteiger partial charge in [-0.2, -0.15) is 13.2 Å². The highest BCUT2D eigenvalue weighted by Gasteiger charge is 2.29. The van der Waals surface area contributed by atoms with Crippen molar-refractivity contribution in [2.24, 2.45) is 0 Å². The van der Waals surface area contributed by atoms with Crippen LogP contribution in [0.25, 0.3) is 32.9 Å². The maximum atomic E-state index is 13.8. The van der Waals surface area contributed by atoms with Crippen LogP contribution in [-0.4, -0.2) is 20.7 Å². The Bertz CT molecular complexity index is 1130. The van der Waals surface area contributed by atoms with E-state index in [-0.39, 0.29) is 5.69 Å². The van der Waals surface area contributed by atoms with Gasteiger partial charge >= 0.3 is 6.18 Å². The molecule has 0 amide bonds. The molecule has 3 nitrogen and oxygen atoms in total. The van der Waals surface area contributed by atoms with Crippen LogP contribution in [0.15, 0.2) is 48.9 Å². The number of aromatic nitrogens is 3. The molecule has 0 aliphatic rings. The first-order valence-corrected chi connectivity index (χ1v) is 7.89. The summed E-state index contributed by atoms with van der Waals surface area (Å²) in [6.45, 7) is 0.442. The number of benzene rings is 1. The van der Waals surface area contributed by atoms with Crippen molar-refractivity contribution < 1.29 is 17.6 Å². The minimum Gasteiger partial charge on any atom is -0.331 e. The van der Waals surface area contributed by atoms with Gasteiger partial charge in [-0.1, -0.05) is 12.1 Å². The molecule has 4 aromatic rings. The van der Waals surface area contributed by atoms with Gasteiger partial charge < -0.3 is 4.57 Å². The number of aryl methyl sites for hydroxylation is 1. The fourth-order valence-electron chi connectivity index (χ4n) is 3.14. The van der Waals surface area contributed by atoms with Crippen molar-refractivity contribution in [2.75, 3.05) is 0 Å². The van der Waals surface area contributed by atoms with E-state index < -0.39 is 18.5 Å². The smallest absolute Gasteiger partial charge is 0.331 e. The molecule has 4 rings (SSSR count). The summed E-state index contributed by atoms with van der Waals surface area (Å²) in [5.74, 6) is -0.456. The molecule has 0 aliphatic heterocycles. The van der Waals surface area contributed by atoms with Crippen LogP contribution >= 0.6 is 0 Å². The van der Waals surface area contributed by atoms with E-state index in [4.69, 9.17) is 0 Å². The number of halogens is 4. The van der Waals surface area contributed by atoms with Gasteiger partial charge in [-0.15, -0.1) is 0 Å². The van der Waals surface area contributed by atoms with Gasteiger partial charge in [-0.05, 0) is 30.7 Å². The molecule has 132 valence electrons. The molecule has 0 spiro atoms. The van der Waals surface area contributed by atoms with Crippen molar-refractivity contribution >= 4 is 21.8 Å². The number of fused-ring (bicyclic) bond motifs is 3. The molecular formula is C19H13F4N3. The minimum atomic E-state index is -4.37. The maximum absolute atomic E-state index is 13.8. The molecular weight excluding hydrogens is 346 g/mol. The highest BCUT2D eigenvalue weighted by atomic mass is 19.4. The minimum absolute atomic E-state index is 0.270. The summed E-state index contributed by atoms with van der Waals surface area (Å²) >= 11 is 0. The summed E-state index contributed by atoms with van der Waals surface area (Å²) in [5, 5.41) is 1.31. The molecule has 7 heteroatoms. The second-order valence-corrected chi connectivity index (χ2v) is 6.12. The van der Waals surface area contributed by atoms with Crippen LogP contribution in [0, 0.1) is 12.7 Å². The number of hydrogen-bond donors (Lipinski definition) is 0. The first kappa shape index (κ1) is 16.5. The van der Waals surface area contributed by atoms with Gasteiger partial charge in [0.2, 0.25) is 0 Å². The number of pyridine rings is 2. The van der Waals surface area contributed by atoms with Crippen LogP contribution in [0.4, 0.5) is 17.6 Å². The number of nitrogens with zero attached hydrogens (tertiary/aromatic N) is 3. The molecule has 0 fully saturated rings. The van der Waals surface area contributed by atoms with Crippen LogP contribution in [-0.2, 0) is 6.54 Å². The monoisotopic (exact) mass is 359 g/mol. The molecule has 0 aliphatic carbocycles. The second kappa shape index (κ2) is 5.79. The zero-order valence-corrected chi connectivity index (χ0v) is 13.7. The van der Waals surface area contributed by atoms with E-state index in [0.29, 0.717) is 32.9 Å². The SMILES string of the molecule is Cc1ncc(-c2ccc3c4cnccc4n(CC(F)(F)F)c3c2)cc1F. The molecule has 0 bridgehead atoms. The van der Waals surface area contributed by atoms with E-state index >= 15 is 0 Å². The number of alkyl halides is 3. The first-order valence-electron chi connectivity index (χ1n) is 7.89. The van der Waals surface area contributed by atoms with Gasteiger partial charge in [0.05, 0.1) is 16.7 Å². The summed E-state index contributed by atoms with van der Waals surface area (Å²) in [7, 11) is 0. The van der Waals surface area contributed by atoms with Crippen LogP contribution in [0.1, 0.15) is 5.69 Å². The third-order valence-corrected chi connectivity index (χ3v) is 4.36. The van der Waals surface area contributed by atoms with E-state index in [1.165, 1.54) is 23.0 Å². The topological polar surface area (TPSA) is 30.7 Å². The van der Waals surface area contributed by atoms with Gasteiger partial charge in [0.15, 0.2) is 0 Å². The summed E-state index contributed by atoms with van der Waals surface area (Å²) < 4.78 is 54.3. The van der Waals surface area contributed by atoms with Gasteiger partial charge in [-0.25, -0.2) is 4.39 Å². The fourth-order valence-corrected chi connectivity index (χ4v) is 3.14. The Labute approximate surface area is 145 Å². The Morgan fingerprint density at radius 3 is 2.50 bits per heavy atom. The largest absolute Gasteiger partial charge is 0.406 e. The van der Waals surface area contributed by atoms with Gasteiger partial charge in [0, 0.05) is 34.9 Å². The molecule has 3 heterocycles. The lowest BCUT2D eigenvalue weighted by atomic mass is 10.0. The van der Waals surface area contributed by atoms with Crippen molar-refractivity contribution in [2.45, 2.75) is 19.6 Å². The molecule has 0 unspecified atom stereocenters. The van der Waals surface area contributed by atoms with Gasteiger partial charge in [0.25, 0.3) is 0 Å². The van der Waals surface area contributed by atoms with Crippen molar-refractivity contribution in [1.29, 1.82) is 0 Å². The van der Waals surface area contributed by atoms with Crippen molar-refractivity contribution in [1.82, 2.24) is 14.5 Å². The maximum Gasteiger partial charge on any atom is 0.406 e. The zero-order valence-electron chi connectivity index (χ0n) is 13.7. The highest BCUT2D eigenvalue weighted by molar-refractivity contribution is 6.08. The number of rotatable bonds is 2. The molecule has 0 N–H and O–H groups in total. The molecule has 0 saturated carbocycles. The van der Waals surface area contributed by atoms with Crippen LogP contribution in [0.3, 0.4) is 0 Å². The highest BCUT2D eigenvalue weighted by Crippen LogP contribution is 2.34. The Kier molecular flexibility index (Phi) is 3.68. The summed E-state index contributed by atoms with van der Waals surface area (Å²) in [4.78, 5) is 8.01. The van der Waals surface area contributed by atoms with Crippen molar-refractivity contribution in [3.63, 3.8) is 0 Å². The molecule has 0 radical (unpaired) electrons. The van der Waals surface area contributed by atoms with Crippen molar-refractivity contribution in [3.05, 3.63) is 60.4 Å². The standard InChI is InChI=1S/C19H13F4N3/c1-11-16(20)6-13(8-25-11)12-2-3-14-15-9-24-5-4-17(15)26(18(14)7-12)10-19(21,22)23/h2-9H,10H2,1H3. The Morgan fingerprint density at radius 2 is 1.77 bits per heavy atom. The first-order chi connectivity index (χ1) is 12.3.